The maximum Gasteiger partial charge on any atom is 0.253 e. The zero-order chi connectivity index (χ0) is 14.2. The van der Waals surface area contributed by atoms with Crippen molar-refractivity contribution in [2.45, 2.75) is 25.7 Å². The Morgan fingerprint density at radius 1 is 1.17 bits per heavy atom. The van der Waals surface area contributed by atoms with Gasteiger partial charge in [0.05, 0.1) is 4.90 Å². The van der Waals surface area contributed by atoms with Crippen LogP contribution in [0.3, 0.4) is 0 Å². The van der Waals surface area contributed by atoms with E-state index in [-0.39, 0.29) is 10.8 Å². The number of hydrogen-bond donors (Lipinski definition) is 1. The lowest BCUT2D eigenvalue weighted by Gasteiger charge is -2.18. The van der Waals surface area contributed by atoms with Gasteiger partial charge in [-0.2, -0.15) is 0 Å². The molecular formula is C12H18N2O3S. The van der Waals surface area contributed by atoms with Crippen molar-refractivity contribution < 1.29 is 13.2 Å². The molecule has 1 aromatic rings. The van der Waals surface area contributed by atoms with E-state index >= 15 is 0 Å². The first-order valence-corrected chi connectivity index (χ1v) is 6.97. The van der Waals surface area contributed by atoms with Crippen molar-refractivity contribution in [3.63, 3.8) is 0 Å². The highest BCUT2D eigenvalue weighted by molar-refractivity contribution is 7.89. The minimum absolute atomic E-state index is 0.0401. The number of amides is 1. The van der Waals surface area contributed by atoms with E-state index in [2.05, 4.69) is 0 Å². The van der Waals surface area contributed by atoms with Crippen molar-refractivity contribution in [1.29, 1.82) is 0 Å². The summed E-state index contributed by atoms with van der Waals surface area (Å²) in [6.45, 7) is 5.06. The van der Waals surface area contributed by atoms with Crippen LogP contribution in [0.2, 0.25) is 0 Å². The number of hydrogen-bond acceptors (Lipinski definition) is 3. The van der Waals surface area contributed by atoms with Gasteiger partial charge in [0.15, 0.2) is 0 Å². The van der Waals surface area contributed by atoms with E-state index in [1.807, 2.05) is 0 Å². The molecule has 0 fully saturated rings. The van der Waals surface area contributed by atoms with Gasteiger partial charge in [-0.1, -0.05) is 6.07 Å². The molecule has 1 rings (SSSR count). The molecule has 0 atom stereocenters. The molecular weight excluding hydrogens is 252 g/mol. The second-order valence-corrected chi connectivity index (χ2v) is 6.08. The molecule has 0 heterocycles. The highest BCUT2D eigenvalue weighted by atomic mass is 32.2. The van der Waals surface area contributed by atoms with E-state index < -0.39 is 10.0 Å². The Morgan fingerprint density at radius 2 is 1.67 bits per heavy atom. The molecule has 0 aromatic heterocycles. The van der Waals surface area contributed by atoms with Crippen LogP contribution in [-0.4, -0.2) is 33.3 Å². The molecule has 1 amide bonds. The number of benzene rings is 1. The summed E-state index contributed by atoms with van der Waals surface area (Å²) in [7, 11) is -0.588. The SMILES string of the molecule is Cc1cc(C)c(S(N)(=O)=O)c(C)c1C(=O)N(C)C. The summed E-state index contributed by atoms with van der Waals surface area (Å²) in [5.74, 6) is -0.227. The fourth-order valence-electron chi connectivity index (χ4n) is 2.16. The fourth-order valence-corrected chi connectivity index (χ4v) is 3.19. The second kappa shape index (κ2) is 4.70. The average Bonchev–Trinajstić information content (AvgIpc) is 2.13. The van der Waals surface area contributed by atoms with Crippen LogP contribution in [0.4, 0.5) is 0 Å². The lowest BCUT2D eigenvalue weighted by atomic mass is 9.98. The highest BCUT2D eigenvalue weighted by Crippen LogP contribution is 2.26. The van der Waals surface area contributed by atoms with E-state index in [4.69, 9.17) is 5.14 Å². The van der Waals surface area contributed by atoms with Crippen LogP contribution in [0.1, 0.15) is 27.0 Å². The molecule has 0 radical (unpaired) electrons. The van der Waals surface area contributed by atoms with Crippen molar-refractivity contribution in [2.24, 2.45) is 5.14 Å². The molecule has 0 saturated heterocycles. The predicted molar refractivity (Wildman–Crippen MR) is 70.0 cm³/mol. The highest BCUT2D eigenvalue weighted by Gasteiger charge is 2.23. The smallest absolute Gasteiger partial charge is 0.253 e. The quantitative estimate of drug-likeness (QED) is 0.869. The molecule has 0 aliphatic rings. The third kappa shape index (κ3) is 2.54. The third-order valence-corrected chi connectivity index (χ3v) is 4.00. The summed E-state index contributed by atoms with van der Waals surface area (Å²) in [6, 6.07) is 1.67. The lowest BCUT2D eigenvalue weighted by Crippen LogP contribution is -2.25. The van der Waals surface area contributed by atoms with E-state index in [0.717, 1.165) is 5.56 Å². The molecule has 0 spiro atoms. The molecule has 1 aromatic carbocycles. The maximum atomic E-state index is 12.1. The van der Waals surface area contributed by atoms with Gasteiger partial charge in [-0.3, -0.25) is 4.79 Å². The van der Waals surface area contributed by atoms with Gasteiger partial charge >= 0.3 is 0 Å². The Hall–Kier alpha value is -1.40. The van der Waals surface area contributed by atoms with Crippen LogP contribution in [0.25, 0.3) is 0 Å². The molecule has 0 aliphatic heterocycles. The first kappa shape index (κ1) is 14.7. The van der Waals surface area contributed by atoms with Crippen LogP contribution >= 0.6 is 0 Å². The van der Waals surface area contributed by atoms with Gasteiger partial charge in [0.2, 0.25) is 10.0 Å². The van der Waals surface area contributed by atoms with Gasteiger partial charge in [-0.15, -0.1) is 0 Å². The monoisotopic (exact) mass is 270 g/mol. The largest absolute Gasteiger partial charge is 0.345 e. The zero-order valence-electron chi connectivity index (χ0n) is 11.2. The molecule has 18 heavy (non-hydrogen) atoms. The number of rotatable bonds is 2. The number of aryl methyl sites for hydroxylation is 2. The number of sulfonamides is 1. The van der Waals surface area contributed by atoms with E-state index in [0.29, 0.717) is 16.7 Å². The summed E-state index contributed by atoms with van der Waals surface area (Å²) in [5, 5.41) is 5.20. The number of nitrogens with zero attached hydrogens (tertiary/aromatic N) is 1. The van der Waals surface area contributed by atoms with Gasteiger partial charge in [0.25, 0.3) is 5.91 Å². The Bertz CT molecular complexity index is 604. The molecule has 0 unspecified atom stereocenters. The van der Waals surface area contributed by atoms with E-state index in [1.165, 1.54) is 4.90 Å². The molecule has 6 heteroatoms. The fraction of sp³-hybridized carbons (Fsp3) is 0.417. The van der Waals surface area contributed by atoms with Crippen LogP contribution in [-0.2, 0) is 10.0 Å². The van der Waals surface area contributed by atoms with Gasteiger partial charge < -0.3 is 4.90 Å². The molecule has 0 aliphatic carbocycles. The van der Waals surface area contributed by atoms with Gasteiger partial charge in [0, 0.05) is 19.7 Å². The minimum Gasteiger partial charge on any atom is -0.345 e. The average molecular weight is 270 g/mol. The molecule has 100 valence electrons. The maximum absolute atomic E-state index is 12.1. The lowest BCUT2D eigenvalue weighted by molar-refractivity contribution is 0.0826. The van der Waals surface area contributed by atoms with Crippen molar-refractivity contribution >= 4 is 15.9 Å². The minimum atomic E-state index is -3.83. The Balaban J connectivity index is 3.72. The second-order valence-electron chi connectivity index (χ2n) is 4.58. The Morgan fingerprint density at radius 3 is 2.06 bits per heavy atom. The third-order valence-electron chi connectivity index (χ3n) is 2.81. The van der Waals surface area contributed by atoms with Gasteiger partial charge in [0.1, 0.15) is 0 Å². The first-order chi connectivity index (χ1) is 8.07. The summed E-state index contributed by atoms with van der Waals surface area (Å²) < 4.78 is 23.2. The summed E-state index contributed by atoms with van der Waals surface area (Å²) in [5.41, 5.74) is 2.11. The molecule has 5 nitrogen and oxygen atoms in total. The summed E-state index contributed by atoms with van der Waals surface area (Å²) in [6.07, 6.45) is 0. The summed E-state index contributed by atoms with van der Waals surface area (Å²) in [4.78, 5) is 13.5. The topological polar surface area (TPSA) is 80.5 Å². The van der Waals surface area contributed by atoms with E-state index in [1.54, 1.807) is 40.9 Å². The van der Waals surface area contributed by atoms with Crippen molar-refractivity contribution in [1.82, 2.24) is 4.90 Å². The van der Waals surface area contributed by atoms with Crippen LogP contribution < -0.4 is 5.14 Å². The standard InChI is InChI=1S/C12H18N2O3S/c1-7-6-8(2)11(18(13,16)17)9(3)10(7)12(15)14(4)5/h6H,1-5H3,(H2,13,16,17). The first-order valence-electron chi connectivity index (χ1n) is 5.42. The van der Waals surface area contributed by atoms with Crippen LogP contribution in [0.15, 0.2) is 11.0 Å². The van der Waals surface area contributed by atoms with Crippen molar-refractivity contribution in [3.8, 4) is 0 Å². The van der Waals surface area contributed by atoms with Gasteiger partial charge in [-0.05, 0) is 37.5 Å². The zero-order valence-corrected chi connectivity index (χ0v) is 12.1. The molecule has 2 N–H and O–H groups in total. The van der Waals surface area contributed by atoms with Crippen LogP contribution in [0, 0.1) is 20.8 Å². The van der Waals surface area contributed by atoms with Crippen LogP contribution in [0.5, 0.6) is 0 Å². The normalized spacial score (nSPS) is 11.4. The van der Waals surface area contributed by atoms with Crippen molar-refractivity contribution in [2.75, 3.05) is 14.1 Å². The summed E-state index contributed by atoms with van der Waals surface area (Å²) >= 11 is 0. The van der Waals surface area contributed by atoms with Crippen molar-refractivity contribution in [3.05, 3.63) is 28.3 Å². The number of nitrogens with two attached hydrogens (primary N) is 1. The van der Waals surface area contributed by atoms with E-state index in [9.17, 15) is 13.2 Å². The van der Waals surface area contributed by atoms with Gasteiger partial charge in [-0.25, -0.2) is 13.6 Å². The number of primary sulfonamides is 1. The molecule has 0 bridgehead atoms. The Labute approximate surface area is 108 Å². The number of carbonyl (C=O) groups is 1. The predicted octanol–water partition coefficient (Wildman–Crippen LogP) is 0.961. The Kier molecular flexibility index (Phi) is 3.83. The number of carbonyl (C=O) groups excluding carboxylic acids is 1. The molecule has 0 saturated carbocycles.